The molecule has 3 N–H and O–H groups in total. The smallest absolute Gasteiger partial charge is 0.321 e. The van der Waals surface area contributed by atoms with Crippen LogP contribution in [0.5, 0.6) is 0 Å². The van der Waals surface area contributed by atoms with Crippen LogP contribution < -0.4 is 16.0 Å². The topological polar surface area (TPSA) is 96.0 Å². The largest absolute Gasteiger partial charge is 0.357 e. The summed E-state index contributed by atoms with van der Waals surface area (Å²) in [7, 11) is 0. The van der Waals surface area contributed by atoms with E-state index in [0.29, 0.717) is 16.0 Å². The maximum absolute atomic E-state index is 12.4. The van der Waals surface area contributed by atoms with Gasteiger partial charge >= 0.3 is 6.03 Å². The van der Waals surface area contributed by atoms with Crippen LogP contribution in [0.3, 0.4) is 0 Å². The monoisotopic (exact) mass is 407 g/mol. The quantitative estimate of drug-likeness (QED) is 0.475. The number of nitrogens with zero attached hydrogens (tertiary/aromatic N) is 2. The van der Waals surface area contributed by atoms with Crippen molar-refractivity contribution in [3.8, 4) is 0 Å². The van der Waals surface area contributed by atoms with Gasteiger partial charge in [0.05, 0.1) is 5.75 Å². The number of carbonyl (C=O) groups excluding carboxylic acids is 2. The summed E-state index contributed by atoms with van der Waals surface area (Å²) in [6, 6.07) is -0.354. The van der Waals surface area contributed by atoms with Gasteiger partial charge in [0.15, 0.2) is 4.34 Å². The molecule has 4 bridgehead atoms. The maximum atomic E-state index is 12.4. The Morgan fingerprint density at radius 3 is 2.48 bits per heavy atom. The summed E-state index contributed by atoms with van der Waals surface area (Å²) in [5, 5.41) is 17.4. The van der Waals surface area contributed by atoms with Crippen LogP contribution in [0.25, 0.3) is 0 Å². The Kier molecular flexibility index (Phi) is 5.41. The zero-order valence-electron chi connectivity index (χ0n) is 15.2. The average molecular weight is 408 g/mol. The van der Waals surface area contributed by atoms with Crippen molar-refractivity contribution >= 4 is 40.2 Å². The molecule has 1 aromatic heterocycles. The molecule has 4 fully saturated rings. The van der Waals surface area contributed by atoms with Crippen molar-refractivity contribution in [3.05, 3.63) is 12.7 Å². The number of rotatable bonds is 7. The van der Waals surface area contributed by atoms with E-state index in [2.05, 4.69) is 32.7 Å². The Hall–Kier alpha value is -1.61. The molecule has 9 heteroatoms. The number of urea groups is 1. The summed E-state index contributed by atoms with van der Waals surface area (Å²) in [5.74, 6) is 2.10. The Bertz CT molecular complexity index is 700. The van der Waals surface area contributed by atoms with Crippen molar-refractivity contribution < 1.29 is 9.59 Å². The Balaban J connectivity index is 1.23. The summed E-state index contributed by atoms with van der Waals surface area (Å²) in [5.41, 5.74) is -0.0861. The zero-order valence-corrected chi connectivity index (χ0v) is 16.8. The van der Waals surface area contributed by atoms with Crippen molar-refractivity contribution in [2.75, 3.05) is 17.6 Å². The van der Waals surface area contributed by atoms with Gasteiger partial charge in [0.25, 0.3) is 0 Å². The highest BCUT2D eigenvalue weighted by molar-refractivity contribution is 8.01. The molecule has 1 heterocycles. The standard InChI is InChI=1S/C18H25N5O2S2/c1-2-3-19-16-22-23-17(27-16)26-10-14(24)20-15(25)21-18-7-11-4-12(8-18)6-13(5-11)9-18/h2,11-13H,1,3-10H2,(H,19,22)(H2,20,21,24,25). The van der Waals surface area contributed by atoms with E-state index in [1.54, 1.807) is 6.08 Å². The van der Waals surface area contributed by atoms with E-state index in [4.69, 9.17) is 0 Å². The number of hydrogen-bond acceptors (Lipinski definition) is 7. The average Bonchev–Trinajstić information content (AvgIpc) is 3.04. The Labute approximate surface area is 167 Å². The third-order valence-electron chi connectivity index (χ3n) is 5.80. The number of hydrogen-bond donors (Lipinski definition) is 3. The van der Waals surface area contributed by atoms with Gasteiger partial charge in [-0.15, -0.1) is 16.8 Å². The number of carbonyl (C=O) groups is 2. The molecule has 0 atom stereocenters. The Morgan fingerprint density at radius 1 is 1.19 bits per heavy atom. The third-order valence-corrected chi connectivity index (χ3v) is 7.81. The van der Waals surface area contributed by atoms with E-state index in [1.165, 1.54) is 42.4 Å². The molecule has 0 spiro atoms. The molecule has 27 heavy (non-hydrogen) atoms. The van der Waals surface area contributed by atoms with Crippen LogP contribution in [0, 0.1) is 17.8 Å². The van der Waals surface area contributed by atoms with E-state index in [0.717, 1.165) is 37.0 Å². The summed E-state index contributed by atoms with van der Waals surface area (Å²) >= 11 is 2.66. The van der Waals surface area contributed by atoms with Crippen molar-refractivity contribution in [2.45, 2.75) is 48.4 Å². The van der Waals surface area contributed by atoms with Gasteiger partial charge in [-0.05, 0) is 56.3 Å². The van der Waals surface area contributed by atoms with E-state index in [9.17, 15) is 9.59 Å². The molecule has 0 unspecified atom stereocenters. The molecule has 5 rings (SSSR count). The van der Waals surface area contributed by atoms with Crippen molar-refractivity contribution in [1.82, 2.24) is 20.8 Å². The highest BCUT2D eigenvalue weighted by Gasteiger charge is 2.51. The maximum Gasteiger partial charge on any atom is 0.321 e. The van der Waals surface area contributed by atoms with E-state index in [-0.39, 0.29) is 23.2 Å². The predicted molar refractivity (Wildman–Crippen MR) is 107 cm³/mol. The van der Waals surface area contributed by atoms with Gasteiger partial charge in [-0.25, -0.2) is 4.79 Å². The van der Waals surface area contributed by atoms with Crippen molar-refractivity contribution in [3.63, 3.8) is 0 Å². The number of nitrogens with one attached hydrogen (secondary N) is 3. The molecule has 146 valence electrons. The first-order chi connectivity index (χ1) is 13.0. The molecule has 4 aliphatic rings. The first-order valence-corrected chi connectivity index (χ1v) is 11.3. The lowest BCUT2D eigenvalue weighted by Crippen LogP contribution is -2.61. The van der Waals surface area contributed by atoms with Crippen LogP contribution in [0.4, 0.5) is 9.93 Å². The lowest BCUT2D eigenvalue weighted by molar-refractivity contribution is -0.117. The Morgan fingerprint density at radius 2 is 1.85 bits per heavy atom. The lowest BCUT2D eigenvalue weighted by atomic mass is 9.53. The van der Waals surface area contributed by atoms with Crippen LogP contribution in [-0.2, 0) is 4.79 Å². The van der Waals surface area contributed by atoms with Gasteiger partial charge in [-0.3, -0.25) is 10.1 Å². The van der Waals surface area contributed by atoms with Crippen LogP contribution in [0.2, 0.25) is 0 Å². The summed E-state index contributed by atoms with van der Waals surface area (Å²) in [6.45, 7) is 4.25. The second-order valence-electron chi connectivity index (χ2n) is 8.03. The van der Waals surface area contributed by atoms with Crippen LogP contribution in [0.15, 0.2) is 17.0 Å². The minimum atomic E-state index is -0.354. The first kappa shape index (κ1) is 18.7. The van der Waals surface area contributed by atoms with E-state index in [1.807, 2.05) is 0 Å². The predicted octanol–water partition coefficient (Wildman–Crippen LogP) is 3.02. The highest BCUT2D eigenvalue weighted by atomic mass is 32.2. The minimum absolute atomic E-state index is 0.0861. The molecule has 0 aliphatic heterocycles. The van der Waals surface area contributed by atoms with E-state index >= 15 is 0 Å². The first-order valence-electron chi connectivity index (χ1n) is 9.47. The van der Waals surface area contributed by atoms with Gasteiger partial charge < -0.3 is 10.6 Å². The fraction of sp³-hybridized carbons (Fsp3) is 0.667. The molecule has 4 aliphatic carbocycles. The van der Waals surface area contributed by atoms with Gasteiger partial charge in [0.2, 0.25) is 11.0 Å². The second kappa shape index (κ2) is 7.79. The summed E-state index contributed by atoms with van der Waals surface area (Å²) < 4.78 is 0.693. The molecule has 7 nitrogen and oxygen atoms in total. The third kappa shape index (κ3) is 4.45. The minimum Gasteiger partial charge on any atom is -0.357 e. The summed E-state index contributed by atoms with van der Waals surface area (Å²) in [4.78, 5) is 24.5. The van der Waals surface area contributed by atoms with Gasteiger partial charge in [-0.1, -0.05) is 29.2 Å². The van der Waals surface area contributed by atoms with Crippen molar-refractivity contribution in [1.29, 1.82) is 0 Å². The number of anilines is 1. The lowest BCUT2D eigenvalue weighted by Gasteiger charge is -2.56. The second-order valence-corrected chi connectivity index (χ2v) is 10.2. The van der Waals surface area contributed by atoms with Crippen LogP contribution >= 0.6 is 23.1 Å². The molecule has 4 saturated carbocycles. The van der Waals surface area contributed by atoms with Crippen LogP contribution in [0.1, 0.15) is 38.5 Å². The fourth-order valence-electron chi connectivity index (χ4n) is 5.32. The zero-order chi connectivity index (χ0) is 18.9. The molecule has 0 saturated heterocycles. The van der Waals surface area contributed by atoms with Gasteiger partial charge in [0, 0.05) is 12.1 Å². The number of thioether (sulfide) groups is 1. The normalized spacial score (nSPS) is 30.7. The van der Waals surface area contributed by atoms with Gasteiger partial charge in [0.1, 0.15) is 0 Å². The summed E-state index contributed by atoms with van der Waals surface area (Å²) in [6.07, 6.45) is 8.92. The molecule has 3 amide bonds. The molecule has 0 radical (unpaired) electrons. The van der Waals surface area contributed by atoms with E-state index < -0.39 is 0 Å². The fourth-order valence-corrected chi connectivity index (χ4v) is 6.88. The van der Waals surface area contributed by atoms with Gasteiger partial charge in [-0.2, -0.15) is 0 Å². The molecular weight excluding hydrogens is 382 g/mol. The molecule has 1 aromatic rings. The van der Waals surface area contributed by atoms with Crippen LogP contribution in [-0.4, -0.2) is 40.0 Å². The SMILES string of the molecule is C=CCNc1nnc(SCC(=O)NC(=O)NC23CC4CC(CC(C4)C2)C3)s1. The number of aromatic nitrogens is 2. The molecule has 0 aromatic carbocycles. The number of amides is 3. The van der Waals surface area contributed by atoms with Crippen molar-refractivity contribution in [2.24, 2.45) is 17.8 Å². The highest BCUT2D eigenvalue weighted by Crippen LogP contribution is 2.55. The number of imide groups is 1. The molecular formula is C18H25N5O2S2.